The average molecular weight is 328 g/mol. The van der Waals surface area contributed by atoms with E-state index in [0.717, 1.165) is 24.0 Å². The Morgan fingerprint density at radius 2 is 1.62 bits per heavy atom. The van der Waals surface area contributed by atoms with Crippen molar-refractivity contribution < 1.29 is 20.1 Å². The molecule has 0 heterocycles. The van der Waals surface area contributed by atoms with Crippen LogP contribution >= 0.6 is 0 Å². The summed E-state index contributed by atoms with van der Waals surface area (Å²) in [4.78, 5) is 12.0. The molecule has 0 fully saturated rings. The molecule has 0 amide bonds. The summed E-state index contributed by atoms with van der Waals surface area (Å²) in [5.41, 5.74) is 1.87. The molecule has 0 spiro atoms. The highest BCUT2D eigenvalue weighted by Gasteiger charge is 2.13. The third-order valence-electron chi connectivity index (χ3n) is 4.26. The van der Waals surface area contributed by atoms with Crippen LogP contribution in [-0.4, -0.2) is 21.1 Å². The number of benzene rings is 2. The highest BCUT2D eigenvalue weighted by Crippen LogP contribution is 2.31. The predicted octanol–water partition coefficient (Wildman–Crippen LogP) is 4.28. The zero-order valence-electron chi connectivity index (χ0n) is 13.9. The maximum atomic E-state index is 12.0. The van der Waals surface area contributed by atoms with Gasteiger partial charge in [0, 0.05) is 18.9 Å². The van der Waals surface area contributed by atoms with Gasteiger partial charge >= 0.3 is 0 Å². The summed E-state index contributed by atoms with van der Waals surface area (Å²) in [6.07, 6.45) is 3.31. The molecule has 2 aromatic rings. The maximum Gasteiger partial charge on any atom is 0.132 e. The van der Waals surface area contributed by atoms with Crippen LogP contribution in [0.25, 0.3) is 0 Å². The zero-order valence-corrected chi connectivity index (χ0v) is 13.9. The summed E-state index contributed by atoms with van der Waals surface area (Å²) in [5, 5.41) is 28.4. The minimum atomic E-state index is 0.0359. The van der Waals surface area contributed by atoms with E-state index in [1.165, 1.54) is 6.07 Å². The van der Waals surface area contributed by atoms with Crippen molar-refractivity contribution in [1.82, 2.24) is 0 Å². The van der Waals surface area contributed by atoms with Gasteiger partial charge in [0.25, 0.3) is 0 Å². The highest BCUT2D eigenvalue weighted by atomic mass is 16.3. The van der Waals surface area contributed by atoms with E-state index in [4.69, 9.17) is 0 Å². The standard InChI is InChI=1S/C20H24O4/c1-14(19-12-11-18(23)13-20(19)24)5-8-16(21)4-2-3-15-6-9-17(22)10-7-15/h6-7,9-14,22-24H,2-5,8H2,1H3. The van der Waals surface area contributed by atoms with Crippen LogP contribution < -0.4 is 0 Å². The molecule has 1 unspecified atom stereocenters. The largest absolute Gasteiger partial charge is 0.508 e. The van der Waals surface area contributed by atoms with Crippen molar-refractivity contribution in [3.63, 3.8) is 0 Å². The SMILES string of the molecule is CC(CCC(=O)CCCc1ccc(O)cc1)c1ccc(O)cc1O. The molecule has 0 aliphatic rings. The summed E-state index contributed by atoms with van der Waals surface area (Å²) < 4.78 is 0. The molecule has 4 nitrogen and oxygen atoms in total. The molecule has 0 aliphatic carbocycles. The van der Waals surface area contributed by atoms with Crippen molar-refractivity contribution in [3.05, 3.63) is 53.6 Å². The first-order valence-electron chi connectivity index (χ1n) is 8.27. The minimum Gasteiger partial charge on any atom is -0.508 e. The summed E-state index contributed by atoms with van der Waals surface area (Å²) in [6, 6.07) is 11.6. The fourth-order valence-corrected chi connectivity index (χ4v) is 2.76. The zero-order chi connectivity index (χ0) is 17.5. The Morgan fingerprint density at radius 3 is 2.29 bits per heavy atom. The van der Waals surface area contributed by atoms with E-state index in [0.29, 0.717) is 19.3 Å². The molecule has 2 aromatic carbocycles. The Bertz CT molecular complexity index is 677. The maximum absolute atomic E-state index is 12.0. The molecule has 4 heteroatoms. The molecule has 3 N–H and O–H groups in total. The van der Waals surface area contributed by atoms with E-state index >= 15 is 0 Å². The molecule has 128 valence electrons. The second kappa shape index (κ2) is 8.39. The summed E-state index contributed by atoms with van der Waals surface area (Å²) in [7, 11) is 0. The van der Waals surface area contributed by atoms with Gasteiger partial charge in [0.15, 0.2) is 0 Å². The lowest BCUT2D eigenvalue weighted by Crippen LogP contribution is -2.02. The van der Waals surface area contributed by atoms with Crippen molar-refractivity contribution in [3.8, 4) is 17.2 Å². The molecule has 1 atom stereocenters. The van der Waals surface area contributed by atoms with Crippen molar-refractivity contribution >= 4 is 5.78 Å². The van der Waals surface area contributed by atoms with Crippen LogP contribution in [0.3, 0.4) is 0 Å². The van der Waals surface area contributed by atoms with Gasteiger partial charge in [-0.25, -0.2) is 0 Å². The van der Waals surface area contributed by atoms with Gasteiger partial charge in [-0.3, -0.25) is 4.79 Å². The smallest absolute Gasteiger partial charge is 0.132 e. The lowest BCUT2D eigenvalue weighted by molar-refractivity contribution is -0.119. The molecular weight excluding hydrogens is 304 g/mol. The number of hydrogen-bond acceptors (Lipinski definition) is 4. The second-order valence-corrected chi connectivity index (χ2v) is 6.24. The normalized spacial score (nSPS) is 12.0. The molecule has 0 aromatic heterocycles. The van der Waals surface area contributed by atoms with E-state index in [1.807, 2.05) is 19.1 Å². The van der Waals surface area contributed by atoms with Crippen LogP contribution in [0.15, 0.2) is 42.5 Å². The fraction of sp³-hybridized carbons (Fsp3) is 0.350. The van der Waals surface area contributed by atoms with Crippen LogP contribution in [0.4, 0.5) is 0 Å². The average Bonchev–Trinajstić information content (AvgIpc) is 2.54. The van der Waals surface area contributed by atoms with Gasteiger partial charge in [-0.2, -0.15) is 0 Å². The molecular formula is C20H24O4. The van der Waals surface area contributed by atoms with Gasteiger partial charge in [-0.05, 0) is 54.5 Å². The second-order valence-electron chi connectivity index (χ2n) is 6.24. The van der Waals surface area contributed by atoms with E-state index in [-0.39, 0.29) is 28.9 Å². The summed E-state index contributed by atoms with van der Waals surface area (Å²) >= 11 is 0. The Labute approximate surface area is 142 Å². The van der Waals surface area contributed by atoms with Gasteiger partial charge in [0.05, 0.1) is 0 Å². The van der Waals surface area contributed by atoms with Gasteiger partial charge < -0.3 is 15.3 Å². The summed E-state index contributed by atoms with van der Waals surface area (Å²) in [6.45, 7) is 1.97. The monoisotopic (exact) mass is 328 g/mol. The van der Waals surface area contributed by atoms with E-state index in [2.05, 4.69) is 0 Å². The van der Waals surface area contributed by atoms with Crippen molar-refractivity contribution in [2.45, 2.75) is 44.9 Å². The van der Waals surface area contributed by atoms with Crippen LogP contribution in [0.1, 0.15) is 49.7 Å². The van der Waals surface area contributed by atoms with Crippen molar-refractivity contribution in [1.29, 1.82) is 0 Å². The highest BCUT2D eigenvalue weighted by molar-refractivity contribution is 5.78. The Morgan fingerprint density at radius 1 is 0.958 bits per heavy atom. The van der Waals surface area contributed by atoms with Gasteiger partial charge in [0.1, 0.15) is 23.0 Å². The Kier molecular flexibility index (Phi) is 6.24. The molecule has 0 saturated carbocycles. The van der Waals surface area contributed by atoms with Crippen LogP contribution in [-0.2, 0) is 11.2 Å². The van der Waals surface area contributed by atoms with E-state index < -0.39 is 0 Å². The molecule has 2 rings (SSSR count). The number of carbonyl (C=O) groups is 1. The van der Waals surface area contributed by atoms with Crippen molar-refractivity contribution in [2.75, 3.05) is 0 Å². The number of Topliss-reactive ketones (excluding diaryl/α,β-unsaturated/α-hetero) is 1. The number of aromatic hydroxyl groups is 3. The van der Waals surface area contributed by atoms with Gasteiger partial charge in [0.2, 0.25) is 0 Å². The Balaban J connectivity index is 1.73. The first-order chi connectivity index (χ1) is 11.5. The number of ketones is 1. The van der Waals surface area contributed by atoms with E-state index in [1.54, 1.807) is 24.3 Å². The van der Waals surface area contributed by atoms with E-state index in [9.17, 15) is 20.1 Å². The molecule has 0 saturated heterocycles. The first-order valence-corrected chi connectivity index (χ1v) is 8.27. The fourth-order valence-electron chi connectivity index (χ4n) is 2.76. The third-order valence-corrected chi connectivity index (χ3v) is 4.26. The number of carbonyl (C=O) groups excluding carboxylic acids is 1. The predicted molar refractivity (Wildman–Crippen MR) is 93.5 cm³/mol. The number of hydrogen-bond donors (Lipinski definition) is 3. The first kappa shape index (κ1) is 17.9. The topological polar surface area (TPSA) is 77.8 Å². The minimum absolute atomic E-state index is 0.0359. The molecule has 0 bridgehead atoms. The van der Waals surface area contributed by atoms with Gasteiger partial charge in [-0.15, -0.1) is 0 Å². The van der Waals surface area contributed by atoms with Crippen LogP contribution in [0, 0.1) is 0 Å². The van der Waals surface area contributed by atoms with Crippen LogP contribution in [0.2, 0.25) is 0 Å². The molecule has 0 aliphatic heterocycles. The van der Waals surface area contributed by atoms with Crippen molar-refractivity contribution in [2.24, 2.45) is 0 Å². The van der Waals surface area contributed by atoms with Gasteiger partial charge in [-0.1, -0.05) is 25.1 Å². The molecule has 0 radical (unpaired) electrons. The lowest BCUT2D eigenvalue weighted by atomic mass is 9.93. The number of phenolic OH excluding ortho intramolecular Hbond substituents is 3. The van der Waals surface area contributed by atoms with Crippen LogP contribution in [0.5, 0.6) is 17.2 Å². The quantitative estimate of drug-likeness (QED) is 0.676. The number of aryl methyl sites for hydroxylation is 1. The Hall–Kier alpha value is -2.49. The lowest BCUT2D eigenvalue weighted by Gasteiger charge is -2.13. The molecule has 24 heavy (non-hydrogen) atoms. The third kappa shape index (κ3) is 5.30. The summed E-state index contributed by atoms with van der Waals surface area (Å²) in [5.74, 6) is 0.642. The number of phenols is 3. The number of rotatable bonds is 8.